The summed E-state index contributed by atoms with van der Waals surface area (Å²) in [5.74, 6) is 0.759. The van der Waals surface area contributed by atoms with Gasteiger partial charge < -0.3 is 24.9 Å². The zero-order valence-electron chi connectivity index (χ0n) is 16.1. The van der Waals surface area contributed by atoms with Gasteiger partial charge in [0.05, 0.1) is 23.7 Å². The Morgan fingerprint density at radius 1 is 1.31 bits per heavy atom. The maximum Gasteiger partial charge on any atom is 0.335 e. The lowest BCUT2D eigenvalue weighted by Crippen LogP contribution is -2.26. The van der Waals surface area contributed by atoms with Gasteiger partial charge in [-0.25, -0.2) is 9.78 Å². The number of carbonyl (C=O) groups is 2. The summed E-state index contributed by atoms with van der Waals surface area (Å²) in [6, 6.07) is 8.25. The maximum absolute atomic E-state index is 12.6. The molecule has 1 unspecified atom stereocenters. The zero-order valence-corrected chi connectivity index (χ0v) is 16.1. The molecule has 0 aliphatic carbocycles. The molecular weight excluding hydrogens is 374 g/mol. The number of carboxylic acid groups (broad SMARTS) is 1. The van der Waals surface area contributed by atoms with Crippen LogP contribution >= 0.6 is 0 Å². The molecule has 3 aromatic rings. The number of imidazole rings is 1. The number of aromatic amines is 1. The topological polar surface area (TPSA) is 114 Å². The Morgan fingerprint density at radius 3 is 2.90 bits per heavy atom. The van der Waals surface area contributed by atoms with Gasteiger partial charge in [0.25, 0.3) is 5.91 Å². The number of ether oxygens (including phenoxy) is 2. The van der Waals surface area contributed by atoms with Crippen molar-refractivity contribution in [3.05, 3.63) is 52.8 Å². The number of nitrogens with one attached hydrogen (secondary N) is 2. The Hall–Kier alpha value is -3.55. The van der Waals surface area contributed by atoms with Gasteiger partial charge >= 0.3 is 5.97 Å². The molecule has 0 fully saturated rings. The van der Waals surface area contributed by atoms with Crippen molar-refractivity contribution in [2.24, 2.45) is 0 Å². The summed E-state index contributed by atoms with van der Waals surface area (Å²) >= 11 is 0. The van der Waals surface area contributed by atoms with Crippen LogP contribution < -0.4 is 14.8 Å². The summed E-state index contributed by atoms with van der Waals surface area (Å²) < 4.78 is 11.1. The van der Waals surface area contributed by atoms with Crippen LogP contribution in [0.4, 0.5) is 0 Å². The van der Waals surface area contributed by atoms with Gasteiger partial charge in [0, 0.05) is 30.5 Å². The van der Waals surface area contributed by atoms with Crippen molar-refractivity contribution in [1.82, 2.24) is 15.3 Å². The molecule has 1 atom stereocenters. The first-order valence-corrected chi connectivity index (χ1v) is 9.32. The van der Waals surface area contributed by atoms with E-state index in [0.717, 1.165) is 12.0 Å². The SMILES string of the molecule is COc1cc(C(=O)NCCc2nc3ccc(C(=O)O)cc3[nH]2)cc2c1OC(C)C2. The number of carboxylic acids is 1. The summed E-state index contributed by atoms with van der Waals surface area (Å²) in [4.78, 5) is 31.2. The molecule has 1 aliphatic rings. The molecule has 1 aliphatic heterocycles. The van der Waals surface area contributed by atoms with E-state index >= 15 is 0 Å². The van der Waals surface area contributed by atoms with Crippen LogP contribution in [0, 0.1) is 0 Å². The smallest absolute Gasteiger partial charge is 0.335 e. The molecule has 1 amide bonds. The van der Waals surface area contributed by atoms with E-state index in [4.69, 9.17) is 14.6 Å². The fourth-order valence-electron chi connectivity index (χ4n) is 3.49. The van der Waals surface area contributed by atoms with Crippen LogP contribution in [0.25, 0.3) is 11.0 Å². The third kappa shape index (κ3) is 3.73. The Bertz CT molecular complexity index is 1110. The van der Waals surface area contributed by atoms with Crippen LogP contribution in [0.3, 0.4) is 0 Å². The van der Waals surface area contributed by atoms with Crippen LogP contribution in [0.5, 0.6) is 11.5 Å². The molecule has 8 heteroatoms. The lowest BCUT2D eigenvalue weighted by Gasteiger charge is -2.10. The first kappa shape index (κ1) is 18.8. The van der Waals surface area contributed by atoms with Crippen molar-refractivity contribution in [3.8, 4) is 11.5 Å². The second-order valence-corrected chi connectivity index (χ2v) is 7.03. The van der Waals surface area contributed by atoms with E-state index in [1.54, 1.807) is 25.3 Å². The second-order valence-electron chi connectivity index (χ2n) is 7.03. The molecule has 8 nitrogen and oxygen atoms in total. The molecular formula is C21H21N3O5. The van der Waals surface area contributed by atoms with Gasteiger partial charge in [-0.2, -0.15) is 0 Å². The summed E-state index contributed by atoms with van der Waals surface area (Å²) in [6.45, 7) is 2.36. The number of hydrogen-bond donors (Lipinski definition) is 3. The number of nitrogens with zero attached hydrogens (tertiary/aromatic N) is 1. The molecule has 29 heavy (non-hydrogen) atoms. The van der Waals surface area contributed by atoms with Gasteiger partial charge in [-0.15, -0.1) is 0 Å². The molecule has 0 spiro atoms. The quantitative estimate of drug-likeness (QED) is 0.591. The highest BCUT2D eigenvalue weighted by molar-refractivity contribution is 5.95. The summed E-state index contributed by atoms with van der Waals surface area (Å²) in [7, 11) is 1.56. The minimum absolute atomic E-state index is 0.0620. The van der Waals surface area contributed by atoms with Crippen LogP contribution in [0.2, 0.25) is 0 Å². The predicted molar refractivity (Wildman–Crippen MR) is 106 cm³/mol. The largest absolute Gasteiger partial charge is 0.493 e. The Kier molecular flexibility index (Phi) is 4.84. The van der Waals surface area contributed by atoms with Crippen molar-refractivity contribution in [3.63, 3.8) is 0 Å². The molecule has 1 aromatic heterocycles. The molecule has 3 N–H and O–H groups in total. The third-order valence-electron chi connectivity index (χ3n) is 4.87. The van der Waals surface area contributed by atoms with Gasteiger partial charge in [0.1, 0.15) is 11.9 Å². The first-order valence-electron chi connectivity index (χ1n) is 9.32. The second kappa shape index (κ2) is 7.46. The number of aromatic carboxylic acids is 1. The van der Waals surface area contributed by atoms with Gasteiger partial charge in [-0.05, 0) is 37.3 Å². The predicted octanol–water partition coefficient (Wildman–Crippen LogP) is 2.57. The molecule has 2 aromatic carbocycles. The monoisotopic (exact) mass is 395 g/mol. The normalized spacial score (nSPS) is 15.0. The number of aromatic nitrogens is 2. The highest BCUT2D eigenvalue weighted by Gasteiger charge is 2.25. The summed E-state index contributed by atoms with van der Waals surface area (Å²) in [6.07, 6.45) is 1.29. The van der Waals surface area contributed by atoms with Gasteiger partial charge in [-0.3, -0.25) is 4.79 Å². The molecule has 150 valence electrons. The van der Waals surface area contributed by atoms with Gasteiger partial charge in [-0.1, -0.05) is 0 Å². The highest BCUT2D eigenvalue weighted by Crippen LogP contribution is 2.38. The fourth-order valence-corrected chi connectivity index (χ4v) is 3.49. The number of methoxy groups -OCH3 is 1. The van der Waals surface area contributed by atoms with Crippen LogP contribution in [-0.4, -0.2) is 46.7 Å². The number of amides is 1. The van der Waals surface area contributed by atoms with E-state index in [1.807, 2.05) is 13.0 Å². The Labute approximate surface area is 166 Å². The maximum atomic E-state index is 12.6. The average molecular weight is 395 g/mol. The zero-order chi connectivity index (χ0) is 20.5. The van der Waals surface area contributed by atoms with Crippen molar-refractivity contribution in [2.45, 2.75) is 25.9 Å². The number of benzene rings is 2. The van der Waals surface area contributed by atoms with Crippen molar-refractivity contribution < 1.29 is 24.2 Å². The third-order valence-corrected chi connectivity index (χ3v) is 4.87. The number of hydrogen-bond acceptors (Lipinski definition) is 5. The standard InChI is InChI=1S/C21H21N3O5/c1-11-7-13-8-14(10-17(28-2)19(13)29-11)20(25)22-6-5-18-23-15-4-3-12(21(26)27)9-16(15)24-18/h3-4,8-11H,5-7H2,1-2H3,(H,22,25)(H,23,24)(H,26,27). The Balaban J connectivity index is 1.42. The van der Waals surface area contributed by atoms with E-state index < -0.39 is 5.97 Å². The fraction of sp³-hybridized carbons (Fsp3) is 0.286. The van der Waals surface area contributed by atoms with Crippen molar-refractivity contribution in [2.75, 3.05) is 13.7 Å². The number of rotatable bonds is 6. The molecule has 2 heterocycles. The van der Waals surface area contributed by atoms with E-state index in [9.17, 15) is 9.59 Å². The number of H-pyrrole nitrogens is 1. The molecule has 0 bridgehead atoms. The van der Waals surface area contributed by atoms with E-state index in [0.29, 0.717) is 46.9 Å². The molecule has 0 saturated carbocycles. The lowest BCUT2D eigenvalue weighted by atomic mass is 10.1. The Morgan fingerprint density at radius 2 is 2.14 bits per heavy atom. The van der Waals surface area contributed by atoms with E-state index in [1.165, 1.54) is 6.07 Å². The molecule has 4 rings (SSSR count). The van der Waals surface area contributed by atoms with Crippen molar-refractivity contribution >= 4 is 22.9 Å². The minimum Gasteiger partial charge on any atom is -0.493 e. The van der Waals surface area contributed by atoms with E-state index in [2.05, 4.69) is 15.3 Å². The number of carbonyl (C=O) groups excluding carboxylic acids is 1. The van der Waals surface area contributed by atoms with Gasteiger partial charge in [0.2, 0.25) is 0 Å². The lowest BCUT2D eigenvalue weighted by molar-refractivity contribution is 0.0696. The average Bonchev–Trinajstić information content (AvgIpc) is 3.27. The van der Waals surface area contributed by atoms with Crippen molar-refractivity contribution in [1.29, 1.82) is 0 Å². The minimum atomic E-state index is -0.986. The highest BCUT2D eigenvalue weighted by atomic mass is 16.5. The molecule has 0 radical (unpaired) electrons. The van der Waals surface area contributed by atoms with Crippen LogP contribution in [0.1, 0.15) is 39.0 Å². The van der Waals surface area contributed by atoms with Gasteiger partial charge in [0.15, 0.2) is 11.5 Å². The first-order chi connectivity index (χ1) is 13.9. The number of fused-ring (bicyclic) bond motifs is 2. The van der Waals surface area contributed by atoms with Crippen LogP contribution in [0.15, 0.2) is 30.3 Å². The van der Waals surface area contributed by atoms with Crippen LogP contribution in [-0.2, 0) is 12.8 Å². The van der Waals surface area contributed by atoms with E-state index in [-0.39, 0.29) is 17.6 Å². The summed E-state index contributed by atoms with van der Waals surface area (Å²) in [5.41, 5.74) is 3.03. The summed E-state index contributed by atoms with van der Waals surface area (Å²) in [5, 5.41) is 12.0. The molecule has 0 saturated heterocycles.